The van der Waals surface area contributed by atoms with Gasteiger partial charge in [0.2, 0.25) is 5.88 Å². The average Bonchev–Trinajstić information content (AvgIpc) is 3.12. The molecule has 26 heavy (non-hydrogen) atoms. The Morgan fingerprint density at radius 1 is 1.35 bits per heavy atom. The monoisotopic (exact) mass is 370 g/mol. The van der Waals surface area contributed by atoms with E-state index in [1.54, 1.807) is 0 Å². The van der Waals surface area contributed by atoms with Gasteiger partial charge in [-0.05, 0) is 25.3 Å². The molecule has 1 amide bonds. The number of thiazole rings is 1. The standard InChI is InChI=1S/C19H22N4O2S/c1-12(2)8-9-23-16-7-5-4-6-15(16)18(19(23)25)22-21-17(24)10-14-11-26-13(3)20-14/h4-7,11-12,25H,8-10H2,1-3H3. The van der Waals surface area contributed by atoms with Gasteiger partial charge in [0.1, 0.15) is 0 Å². The first kappa shape index (κ1) is 18.3. The van der Waals surface area contributed by atoms with Crippen molar-refractivity contribution in [3.8, 4) is 5.88 Å². The molecule has 0 atom stereocenters. The van der Waals surface area contributed by atoms with Crippen LogP contribution in [-0.2, 0) is 17.8 Å². The second kappa shape index (κ2) is 7.78. The smallest absolute Gasteiger partial charge is 0.270 e. The second-order valence-electron chi connectivity index (χ2n) is 6.65. The summed E-state index contributed by atoms with van der Waals surface area (Å²) in [5.74, 6) is 0.186. The van der Waals surface area contributed by atoms with Crippen LogP contribution in [-0.4, -0.2) is 20.6 Å². The number of aromatic hydroxyl groups is 1. The Balaban J connectivity index is 1.87. The van der Waals surface area contributed by atoms with E-state index in [2.05, 4.69) is 29.1 Å². The quantitative estimate of drug-likeness (QED) is 0.619. The highest BCUT2D eigenvalue weighted by Gasteiger charge is 2.17. The van der Waals surface area contributed by atoms with Crippen molar-refractivity contribution in [2.45, 2.75) is 40.2 Å². The van der Waals surface area contributed by atoms with E-state index < -0.39 is 0 Å². The van der Waals surface area contributed by atoms with Crippen LogP contribution in [0.4, 0.5) is 5.69 Å². The van der Waals surface area contributed by atoms with Gasteiger partial charge >= 0.3 is 0 Å². The first-order chi connectivity index (χ1) is 12.5. The number of aromatic nitrogens is 2. The molecule has 7 heteroatoms. The van der Waals surface area contributed by atoms with Crippen molar-refractivity contribution >= 4 is 33.8 Å². The zero-order valence-corrected chi connectivity index (χ0v) is 16.0. The summed E-state index contributed by atoms with van der Waals surface area (Å²) < 4.78 is 1.83. The van der Waals surface area contributed by atoms with Crippen molar-refractivity contribution in [3.63, 3.8) is 0 Å². The molecule has 0 saturated carbocycles. The highest BCUT2D eigenvalue weighted by atomic mass is 32.1. The molecular weight excluding hydrogens is 348 g/mol. The number of hydrogen-bond donors (Lipinski definition) is 1. The highest BCUT2D eigenvalue weighted by Crippen LogP contribution is 2.39. The lowest BCUT2D eigenvalue weighted by Gasteiger charge is -2.08. The molecule has 0 fully saturated rings. The summed E-state index contributed by atoms with van der Waals surface area (Å²) in [5.41, 5.74) is 1.93. The summed E-state index contributed by atoms with van der Waals surface area (Å²) in [6.45, 7) is 6.86. The lowest BCUT2D eigenvalue weighted by atomic mass is 10.1. The van der Waals surface area contributed by atoms with E-state index in [1.807, 2.05) is 41.1 Å². The number of para-hydroxylation sites is 1. The van der Waals surface area contributed by atoms with Crippen molar-refractivity contribution in [3.05, 3.63) is 40.3 Å². The van der Waals surface area contributed by atoms with Crippen LogP contribution < -0.4 is 0 Å². The van der Waals surface area contributed by atoms with Crippen LogP contribution in [0.15, 0.2) is 39.9 Å². The minimum atomic E-state index is -0.381. The van der Waals surface area contributed by atoms with Gasteiger partial charge in [-0.2, -0.15) is 0 Å². The summed E-state index contributed by atoms with van der Waals surface area (Å²) in [5, 5.41) is 22.0. The lowest BCUT2D eigenvalue weighted by molar-refractivity contribution is -0.117. The average molecular weight is 370 g/mol. The van der Waals surface area contributed by atoms with Crippen molar-refractivity contribution in [2.75, 3.05) is 0 Å². The molecule has 0 unspecified atom stereocenters. The van der Waals surface area contributed by atoms with Gasteiger partial charge in [-0.1, -0.05) is 32.0 Å². The van der Waals surface area contributed by atoms with Crippen LogP contribution in [0.25, 0.3) is 10.9 Å². The van der Waals surface area contributed by atoms with Crippen LogP contribution >= 0.6 is 11.3 Å². The van der Waals surface area contributed by atoms with E-state index in [0.29, 0.717) is 23.8 Å². The van der Waals surface area contributed by atoms with Crippen LogP contribution in [0.2, 0.25) is 0 Å². The van der Waals surface area contributed by atoms with Gasteiger partial charge in [0, 0.05) is 17.3 Å². The summed E-state index contributed by atoms with van der Waals surface area (Å²) in [6, 6.07) is 7.62. The summed E-state index contributed by atoms with van der Waals surface area (Å²) in [7, 11) is 0. The minimum absolute atomic E-state index is 0.0490. The predicted octanol–water partition coefficient (Wildman–Crippen LogP) is 5.01. The molecule has 0 radical (unpaired) electrons. The van der Waals surface area contributed by atoms with E-state index in [1.165, 1.54) is 11.3 Å². The third-order valence-corrected chi connectivity index (χ3v) is 4.93. The maximum Gasteiger partial charge on any atom is 0.270 e. The molecule has 2 heterocycles. The van der Waals surface area contributed by atoms with Crippen molar-refractivity contribution in [1.29, 1.82) is 0 Å². The summed E-state index contributed by atoms with van der Waals surface area (Å²) in [6.07, 6.45) is 1.05. The molecule has 6 nitrogen and oxygen atoms in total. The highest BCUT2D eigenvalue weighted by molar-refractivity contribution is 7.09. The van der Waals surface area contributed by atoms with Gasteiger partial charge in [-0.15, -0.1) is 21.6 Å². The van der Waals surface area contributed by atoms with Crippen LogP contribution in [0.3, 0.4) is 0 Å². The van der Waals surface area contributed by atoms with Crippen LogP contribution in [0, 0.1) is 12.8 Å². The number of aryl methyl sites for hydroxylation is 2. The summed E-state index contributed by atoms with van der Waals surface area (Å²) in [4.78, 5) is 16.3. The number of fused-ring (bicyclic) bond motifs is 1. The van der Waals surface area contributed by atoms with E-state index >= 15 is 0 Å². The Kier molecular flexibility index (Phi) is 5.46. The molecular formula is C19H22N4O2S. The third-order valence-electron chi connectivity index (χ3n) is 4.11. The van der Waals surface area contributed by atoms with Gasteiger partial charge in [0.25, 0.3) is 5.91 Å². The number of carbonyl (C=O) groups excluding carboxylic acids is 1. The van der Waals surface area contributed by atoms with E-state index in [0.717, 1.165) is 22.3 Å². The molecule has 3 rings (SSSR count). The van der Waals surface area contributed by atoms with Crippen LogP contribution in [0.5, 0.6) is 5.88 Å². The Labute approximate surface area is 156 Å². The Morgan fingerprint density at radius 3 is 2.81 bits per heavy atom. The first-order valence-electron chi connectivity index (χ1n) is 8.61. The molecule has 0 saturated heterocycles. The molecule has 0 aliphatic rings. The van der Waals surface area contributed by atoms with Crippen LogP contribution in [0.1, 0.15) is 31.0 Å². The molecule has 0 aliphatic heterocycles. The lowest BCUT2D eigenvalue weighted by Crippen LogP contribution is -2.00. The van der Waals surface area contributed by atoms with E-state index in [-0.39, 0.29) is 18.2 Å². The largest absolute Gasteiger partial charge is 0.493 e. The molecule has 0 aliphatic carbocycles. The zero-order chi connectivity index (χ0) is 18.7. The fraction of sp³-hybridized carbons (Fsp3) is 0.368. The normalized spacial score (nSPS) is 11.8. The van der Waals surface area contributed by atoms with E-state index in [4.69, 9.17) is 0 Å². The Hall–Kier alpha value is -2.54. The molecule has 136 valence electrons. The maximum atomic E-state index is 12.1. The molecule has 0 spiro atoms. The SMILES string of the molecule is Cc1nc(CC(=O)N=Nc2c(O)n(CCC(C)C)c3ccccc23)cs1. The number of azo groups is 1. The molecule has 1 N–H and O–H groups in total. The zero-order valence-electron chi connectivity index (χ0n) is 15.1. The number of carbonyl (C=O) groups is 1. The molecule has 2 aromatic heterocycles. The number of amides is 1. The number of nitrogens with zero attached hydrogens (tertiary/aromatic N) is 4. The van der Waals surface area contributed by atoms with Crippen molar-refractivity contribution in [1.82, 2.24) is 9.55 Å². The molecule has 1 aromatic carbocycles. The van der Waals surface area contributed by atoms with Gasteiger partial charge in [0.05, 0.1) is 22.6 Å². The fourth-order valence-electron chi connectivity index (χ4n) is 2.77. The number of hydrogen-bond acceptors (Lipinski definition) is 5. The van der Waals surface area contributed by atoms with Gasteiger partial charge < -0.3 is 9.67 Å². The van der Waals surface area contributed by atoms with Crippen molar-refractivity contribution in [2.24, 2.45) is 16.1 Å². The van der Waals surface area contributed by atoms with Crippen molar-refractivity contribution < 1.29 is 9.90 Å². The topological polar surface area (TPSA) is 79.8 Å². The predicted molar refractivity (Wildman–Crippen MR) is 103 cm³/mol. The Morgan fingerprint density at radius 2 is 2.12 bits per heavy atom. The van der Waals surface area contributed by atoms with Gasteiger partial charge in [-0.25, -0.2) is 4.98 Å². The second-order valence-corrected chi connectivity index (χ2v) is 7.71. The maximum absolute atomic E-state index is 12.1. The fourth-order valence-corrected chi connectivity index (χ4v) is 3.38. The van der Waals surface area contributed by atoms with Gasteiger partial charge in [-0.3, -0.25) is 4.79 Å². The number of rotatable bonds is 6. The molecule has 0 bridgehead atoms. The summed E-state index contributed by atoms with van der Waals surface area (Å²) >= 11 is 1.50. The molecule has 3 aromatic rings. The number of benzene rings is 1. The Bertz CT molecular complexity index is 956. The third kappa shape index (κ3) is 3.99. The van der Waals surface area contributed by atoms with Gasteiger partial charge in [0.15, 0.2) is 5.69 Å². The first-order valence-corrected chi connectivity index (χ1v) is 9.49. The van der Waals surface area contributed by atoms with E-state index in [9.17, 15) is 9.90 Å². The minimum Gasteiger partial charge on any atom is -0.493 e.